The minimum Gasteiger partial charge on any atom is -0.389 e. The number of hydrogen-bond acceptors (Lipinski definition) is 3. The largest absolute Gasteiger partial charge is 0.389 e. The third kappa shape index (κ3) is 3.81. The summed E-state index contributed by atoms with van der Waals surface area (Å²) in [5.74, 6) is 0. The van der Waals surface area contributed by atoms with Gasteiger partial charge in [0.05, 0.1) is 0 Å². The summed E-state index contributed by atoms with van der Waals surface area (Å²) < 4.78 is 5.41. The van der Waals surface area contributed by atoms with Crippen LogP contribution in [0.25, 0.3) is 0 Å². The Morgan fingerprint density at radius 3 is 2.79 bits per heavy atom. The molecule has 1 fully saturated rings. The van der Waals surface area contributed by atoms with Gasteiger partial charge in [0, 0.05) is 36.0 Å². The molecule has 0 radical (unpaired) electrons. The highest BCUT2D eigenvalue weighted by Gasteiger charge is 2.27. The molecule has 0 bridgehead atoms. The highest BCUT2D eigenvalue weighted by molar-refractivity contribution is 7.80. The van der Waals surface area contributed by atoms with Gasteiger partial charge in [-0.05, 0) is 36.5 Å². The fourth-order valence-electron chi connectivity index (χ4n) is 2.23. The van der Waals surface area contributed by atoms with E-state index in [-0.39, 0.29) is 5.41 Å². The summed E-state index contributed by atoms with van der Waals surface area (Å²) >= 11 is 11.1. The number of anilines is 1. The number of thiocarbonyl (C=S) groups is 1. The van der Waals surface area contributed by atoms with Crippen molar-refractivity contribution >= 4 is 34.5 Å². The van der Waals surface area contributed by atoms with Gasteiger partial charge in [-0.1, -0.05) is 30.7 Å². The molecule has 1 saturated heterocycles. The van der Waals surface area contributed by atoms with E-state index in [1.165, 1.54) is 0 Å². The number of nitrogens with two attached hydrogens (primary N) is 1. The van der Waals surface area contributed by atoms with Crippen LogP contribution >= 0.6 is 23.8 Å². The summed E-state index contributed by atoms with van der Waals surface area (Å²) in [7, 11) is 0. The lowest BCUT2D eigenvalue weighted by molar-refractivity contribution is 0.0300. The van der Waals surface area contributed by atoms with Gasteiger partial charge < -0.3 is 15.8 Å². The van der Waals surface area contributed by atoms with E-state index in [1.54, 1.807) is 6.07 Å². The minimum absolute atomic E-state index is 0.244. The molecule has 0 amide bonds. The van der Waals surface area contributed by atoms with Crippen LogP contribution in [0.1, 0.15) is 25.3 Å². The molecule has 2 rings (SSSR count). The number of nitrogens with one attached hydrogen (secondary N) is 1. The Morgan fingerprint density at radius 2 is 2.16 bits per heavy atom. The van der Waals surface area contributed by atoms with Crippen molar-refractivity contribution in [2.45, 2.75) is 19.8 Å². The number of hydrogen-bond donors (Lipinski definition) is 2. The van der Waals surface area contributed by atoms with E-state index in [1.807, 2.05) is 12.1 Å². The molecular weight excluding hydrogens is 280 g/mol. The van der Waals surface area contributed by atoms with Gasteiger partial charge in [-0.15, -0.1) is 0 Å². The van der Waals surface area contributed by atoms with Crippen LogP contribution in [-0.2, 0) is 4.74 Å². The third-order valence-electron chi connectivity index (χ3n) is 3.65. The molecule has 1 heterocycles. The predicted molar refractivity (Wildman–Crippen MR) is 84.0 cm³/mol. The summed E-state index contributed by atoms with van der Waals surface area (Å²) in [4.78, 5) is 0.385. The zero-order chi connectivity index (χ0) is 13.9. The molecule has 0 atom stereocenters. The molecule has 3 nitrogen and oxygen atoms in total. The molecule has 0 saturated carbocycles. The highest BCUT2D eigenvalue weighted by Crippen LogP contribution is 2.31. The van der Waals surface area contributed by atoms with Crippen molar-refractivity contribution in [1.29, 1.82) is 0 Å². The van der Waals surface area contributed by atoms with E-state index in [2.05, 4.69) is 12.2 Å². The van der Waals surface area contributed by atoms with Gasteiger partial charge in [-0.25, -0.2) is 0 Å². The van der Waals surface area contributed by atoms with E-state index < -0.39 is 0 Å². The van der Waals surface area contributed by atoms with Gasteiger partial charge >= 0.3 is 0 Å². The Bertz CT molecular complexity index is 473. The van der Waals surface area contributed by atoms with Crippen molar-refractivity contribution in [3.05, 3.63) is 28.8 Å². The Hall–Kier alpha value is -0.840. The van der Waals surface area contributed by atoms with Crippen LogP contribution in [-0.4, -0.2) is 24.7 Å². The summed E-state index contributed by atoms with van der Waals surface area (Å²) in [6.07, 6.45) is 2.12. The summed E-state index contributed by atoms with van der Waals surface area (Å²) in [5, 5.41) is 4.12. The van der Waals surface area contributed by atoms with Gasteiger partial charge in [0.2, 0.25) is 0 Å². The fraction of sp³-hybridized carbons (Fsp3) is 0.500. The van der Waals surface area contributed by atoms with Crippen LogP contribution in [0.2, 0.25) is 5.02 Å². The first-order valence-corrected chi connectivity index (χ1v) is 7.20. The number of rotatable bonds is 4. The molecule has 104 valence electrons. The molecule has 0 unspecified atom stereocenters. The van der Waals surface area contributed by atoms with Crippen LogP contribution in [0.4, 0.5) is 5.69 Å². The summed E-state index contributed by atoms with van der Waals surface area (Å²) in [5.41, 5.74) is 7.73. The number of ether oxygens (including phenoxy) is 1. The first-order chi connectivity index (χ1) is 9.00. The van der Waals surface area contributed by atoms with Gasteiger partial charge in [0.15, 0.2) is 0 Å². The van der Waals surface area contributed by atoms with Crippen molar-refractivity contribution in [2.75, 3.05) is 25.1 Å². The van der Waals surface area contributed by atoms with Gasteiger partial charge in [0.25, 0.3) is 0 Å². The average Bonchev–Trinajstić information content (AvgIpc) is 2.37. The molecule has 0 aliphatic carbocycles. The Labute approximate surface area is 124 Å². The lowest BCUT2D eigenvalue weighted by Crippen LogP contribution is -2.33. The normalized spacial score (nSPS) is 18.0. The van der Waals surface area contributed by atoms with E-state index in [0.717, 1.165) is 43.9 Å². The van der Waals surface area contributed by atoms with Gasteiger partial charge in [-0.2, -0.15) is 0 Å². The van der Waals surface area contributed by atoms with Crippen LogP contribution in [0, 0.1) is 5.41 Å². The molecule has 0 aromatic heterocycles. The Morgan fingerprint density at radius 1 is 1.47 bits per heavy atom. The molecule has 1 aromatic rings. The Balaban J connectivity index is 2.10. The molecule has 0 spiro atoms. The second kappa shape index (κ2) is 6.07. The maximum atomic E-state index is 6.03. The molecule has 19 heavy (non-hydrogen) atoms. The lowest BCUT2D eigenvalue weighted by atomic mass is 9.82. The Kier molecular flexibility index (Phi) is 4.66. The topological polar surface area (TPSA) is 47.3 Å². The standard InChI is InChI=1S/C14H19ClN2OS/c1-14(4-6-18-7-5-14)9-17-12-8-10(15)2-3-11(12)13(16)19/h2-3,8,17H,4-7,9H2,1H3,(H2,16,19). The molecule has 5 heteroatoms. The van der Waals surface area contributed by atoms with Crippen LogP contribution in [0.5, 0.6) is 0 Å². The first kappa shape index (κ1) is 14.6. The van der Waals surface area contributed by atoms with Crippen LogP contribution in [0.3, 0.4) is 0 Å². The van der Waals surface area contributed by atoms with Crippen LogP contribution in [0.15, 0.2) is 18.2 Å². The zero-order valence-corrected chi connectivity index (χ0v) is 12.6. The summed E-state index contributed by atoms with van der Waals surface area (Å²) in [6.45, 7) is 4.80. The minimum atomic E-state index is 0.244. The second-order valence-electron chi connectivity index (χ2n) is 5.33. The maximum Gasteiger partial charge on any atom is 0.106 e. The molecule has 1 aliphatic heterocycles. The number of benzene rings is 1. The number of halogens is 1. The van der Waals surface area contributed by atoms with E-state index >= 15 is 0 Å². The van der Waals surface area contributed by atoms with Gasteiger partial charge in [0.1, 0.15) is 4.99 Å². The van der Waals surface area contributed by atoms with Crippen molar-refractivity contribution in [1.82, 2.24) is 0 Å². The summed E-state index contributed by atoms with van der Waals surface area (Å²) in [6, 6.07) is 5.54. The molecular formula is C14H19ClN2OS. The smallest absolute Gasteiger partial charge is 0.106 e. The van der Waals surface area contributed by atoms with E-state index in [0.29, 0.717) is 10.0 Å². The van der Waals surface area contributed by atoms with Crippen molar-refractivity contribution < 1.29 is 4.74 Å². The lowest BCUT2D eigenvalue weighted by Gasteiger charge is -2.34. The monoisotopic (exact) mass is 298 g/mol. The molecule has 1 aromatic carbocycles. The second-order valence-corrected chi connectivity index (χ2v) is 6.21. The fourth-order valence-corrected chi connectivity index (χ4v) is 2.58. The third-order valence-corrected chi connectivity index (χ3v) is 4.11. The van der Waals surface area contributed by atoms with E-state index in [9.17, 15) is 0 Å². The van der Waals surface area contributed by atoms with Crippen molar-refractivity contribution in [2.24, 2.45) is 11.1 Å². The highest BCUT2D eigenvalue weighted by atomic mass is 35.5. The van der Waals surface area contributed by atoms with Crippen molar-refractivity contribution in [3.8, 4) is 0 Å². The maximum absolute atomic E-state index is 6.03. The quantitative estimate of drug-likeness (QED) is 0.838. The average molecular weight is 299 g/mol. The predicted octanol–water partition coefficient (Wildman–Crippen LogP) is 3.20. The van der Waals surface area contributed by atoms with Crippen molar-refractivity contribution in [3.63, 3.8) is 0 Å². The van der Waals surface area contributed by atoms with Crippen LogP contribution < -0.4 is 11.1 Å². The van der Waals surface area contributed by atoms with E-state index in [4.69, 9.17) is 34.3 Å². The van der Waals surface area contributed by atoms with Gasteiger partial charge in [-0.3, -0.25) is 0 Å². The molecule has 3 N–H and O–H groups in total. The molecule has 1 aliphatic rings. The first-order valence-electron chi connectivity index (χ1n) is 6.41. The SMILES string of the molecule is CC1(CNc2cc(Cl)ccc2C(N)=S)CCOCC1. The zero-order valence-electron chi connectivity index (χ0n) is 11.0.